The van der Waals surface area contributed by atoms with Crippen molar-refractivity contribution in [2.45, 2.75) is 83.1 Å². The summed E-state index contributed by atoms with van der Waals surface area (Å²) in [6.45, 7) is 6.36. The first kappa shape index (κ1) is 16.8. The van der Waals surface area contributed by atoms with Crippen LogP contribution in [0.5, 0.6) is 0 Å². The molecule has 4 heterocycles. The van der Waals surface area contributed by atoms with E-state index < -0.39 is 23.6 Å². The van der Waals surface area contributed by atoms with Crippen molar-refractivity contribution in [1.82, 2.24) is 0 Å². The van der Waals surface area contributed by atoms with E-state index in [4.69, 9.17) is 24.4 Å². The van der Waals surface area contributed by atoms with Crippen molar-refractivity contribution < 1.29 is 29.1 Å². The molecule has 5 fully saturated rings. The van der Waals surface area contributed by atoms with Gasteiger partial charge in [0.25, 0.3) is 0 Å². The number of hydrogen-bond donors (Lipinski definition) is 1. The van der Waals surface area contributed by atoms with E-state index in [1.165, 1.54) is 6.42 Å². The highest BCUT2D eigenvalue weighted by atomic mass is 17.3. The molecule has 1 N–H and O–H groups in total. The third-order valence-corrected chi connectivity index (χ3v) is 6.94. The molecule has 1 spiro atoms. The fraction of sp³-hybridized carbons (Fsp3) is 0.944. The lowest BCUT2D eigenvalue weighted by Gasteiger charge is -2.60. The molecule has 5 aliphatic rings. The summed E-state index contributed by atoms with van der Waals surface area (Å²) < 4.78 is 12.6. The highest BCUT2D eigenvalue weighted by Gasteiger charge is 2.69. The van der Waals surface area contributed by atoms with Gasteiger partial charge in [-0.3, -0.25) is 4.79 Å². The molecule has 136 valence electrons. The smallest absolute Gasteiger partial charge is 0.303 e. The summed E-state index contributed by atoms with van der Waals surface area (Å²) in [5, 5.41) is 9.03. The van der Waals surface area contributed by atoms with Crippen LogP contribution < -0.4 is 0 Å². The predicted molar refractivity (Wildman–Crippen MR) is 83.7 cm³/mol. The lowest BCUT2D eigenvalue weighted by Crippen LogP contribution is -2.70. The van der Waals surface area contributed by atoms with E-state index in [0.29, 0.717) is 18.3 Å². The van der Waals surface area contributed by atoms with Crippen LogP contribution in [0.25, 0.3) is 0 Å². The van der Waals surface area contributed by atoms with Crippen LogP contribution in [0.1, 0.15) is 59.3 Å². The Morgan fingerprint density at radius 1 is 1.17 bits per heavy atom. The molecule has 1 unspecified atom stereocenters. The van der Waals surface area contributed by atoms with Gasteiger partial charge < -0.3 is 14.6 Å². The minimum atomic E-state index is -0.781. The molecule has 6 heteroatoms. The van der Waals surface area contributed by atoms with Crippen molar-refractivity contribution in [3.63, 3.8) is 0 Å². The molecule has 4 saturated heterocycles. The second-order valence-corrected chi connectivity index (χ2v) is 8.38. The third kappa shape index (κ3) is 2.34. The van der Waals surface area contributed by atoms with E-state index in [2.05, 4.69) is 13.8 Å². The molecule has 0 amide bonds. The Morgan fingerprint density at radius 2 is 1.96 bits per heavy atom. The molecular weight excluding hydrogens is 312 g/mol. The summed E-state index contributed by atoms with van der Waals surface area (Å²) >= 11 is 0. The topological polar surface area (TPSA) is 74.2 Å². The number of hydrogen-bond acceptors (Lipinski definition) is 5. The van der Waals surface area contributed by atoms with Crippen molar-refractivity contribution in [2.24, 2.45) is 23.7 Å². The standard InChI is InChI=1S/C18H28O6/c1-10-4-5-13-11(2)14(6-7-15(19)20)21-16-18(13)12(10)8-9-17(3,22-16)23-24-18/h10-14,16H,4-9H2,1-3H3,(H,19,20)/t10-,11-,12+,13+,14-,16-,17?,18-/m1/s1. The van der Waals surface area contributed by atoms with Gasteiger partial charge in [-0.1, -0.05) is 13.8 Å². The molecule has 1 aliphatic carbocycles. The van der Waals surface area contributed by atoms with Gasteiger partial charge in [0.05, 0.1) is 6.10 Å². The van der Waals surface area contributed by atoms with Gasteiger partial charge in [-0.2, -0.15) is 0 Å². The Hall–Kier alpha value is -0.690. The van der Waals surface area contributed by atoms with Gasteiger partial charge in [0.15, 0.2) is 11.9 Å². The quantitative estimate of drug-likeness (QED) is 0.796. The van der Waals surface area contributed by atoms with Crippen molar-refractivity contribution in [3.05, 3.63) is 0 Å². The lowest BCUT2D eigenvalue weighted by molar-refractivity contribution is -0.571. The summed E-state index contributed by atoms with van der Waals surface area (Å²) in [5.41, 5.74) is -0.549. The predicted octanol–water partition coefficient (Wildman–Crippen LogP) is 3.10. The second-order valence-electron chi connectivity index (χ2n) is 8.38. The Kier molecular flexibility index (Phi) is 3.95. The molecular formula is C18H28O6. The van der Waals surface area contributed by atoms with E-state index in [0.717, 1.165) is 19.3 Å². The molecule has 0 radical (unpaired) electrons. The number of carboxylic acids is 1. The minimum absolute atomic E-state index is 0.109. The van der Waals surface area contributed by atoms with Crippen LogP contribution in [0.3, 0.4) is 0 Å². The van der Waals surface area contributed by atoms with Crippen molar-refractivity contribution in [2.75, 3.05) is 0 Å². The molecule has 0 aromatic heterocycles. The molecule has 0 aromatic rings. The van der Waals surface area contributed by atoms with Gasteiger partial charge in [-0.05, 0) is 50.4 Å². The van der Waals surface area contributed by atoms with E-state index in [1.807, 2.05) is 6.92 Å². The number of rotatable bonds is 3. The molecule has 0 aromatic carbocycles. The highest BCUT2D eigenvalue weighted by Crippen LogP contribution is 2.60. The molecule has 5 rings (SSSR count). The molecule has 4 aliphatic heterocycles. The Labute approximate surface area is 142 Å². The Morgan fingerprint density at radius 3 is 2.71 bits per heavy atom. The van der Waals surface area contributed by atoms with Crippen LogP contribution >= 0.6 is 0 Å². The average molecular weight is 340 g/mol. The Balaban J connectivity index is 1.68. The fourth-order valence-corrected chi connectivity index (χ4v) is 5.57. The van der Waals surface area contributed by atoms with Gasteiger partial charge in [0.1, 0.15) is 0 Å². The fourth-order valence-electron chi connectivity index (χ4n) is 5.57. The SMILES string of the molecule is C[C@H]1[C@@H](CCC(=O)O)O[C@@H]2OC3(C)CC[C@H]4[C@H](C)CC[C@@H]1[C@@]24OO3. The normalized spacial score (nSPS) is 53.3. The first-order valence-electron chi connectivity index (χ1n) is 9.27. The van der Waals surface area contributed by atoms with Crippen molar-refractivity contribution in [3.8, 4) is 0 Å². The minimum Gasteiger partial charge on any atom is -0.481 e. The zero-order chi connectivity index (χ0) is 17.1. The zero-order valence-corrected chi connectivity index (χ0v) is 14.7. The maximum absolute atomic E-state index is 11.0. The molecule has 8 atom stereocenters. The molecule has 1 saturated carbocycles. The van der Waals surface area contributed by atoms with Gasteiger partial charge in [-0.15, -0.1) is 0 Å². The monoisotopic (exact) mass is 340 g/mol. The third-order valence-electron chi connectivity index (χ3n) is 6.94. The number of ether oxygens (including phenoxy) is 2. The molecule has 6 nitrogen and oxygen atoms in total. The van der Waals surface area contributed by atoms with Crippen LogP contribution in [0, 0.1) is 23.7 Å². The van der Waals surface area contributed by atoms with Gasteiger partial charge >= 0.3 is 5.97 Å². The van der Waals surface area contributed by atoms with Crippen molar-refractivity contribution in [1.29, 1.82) is 0 Å². The van der Waals surface area contributed by atoms with Crippen LogP contribution in [-0.2, 0) is 24.0 Å². The number of fused-ring (bicyclic) bond motifs is 2. The summed E-state index contributed by atoms with van der Waals surface area (Å²) in [4.78, 5) is 22.8. The van der Waals surface area contributed by atoms with E-state index >= 15 is 0 Å². The highest BCUT2D eigenvalue weighted by molar-refractivity contribution is 5.66. The number of aliphatic carboxylic acids is 1. The van der Waals surface area contributed by atoms with Gasteiger partial charge in [-0.25, -0.2) is 9.78 Å². The van der Waals surface area contributed by atoms with Crippen molar-refractivity contribution >= 4 is 5.97 Å². The first-order chi connectivity index (χ1) is 11.4. The van der Waals surface area contributed by atoms with Crippen LogP contribution in [0.15, 0.2) is 0 Å². The summed E-state index contributed by atoms with van der Waals surface area (Å²) in [7, 11) is 0. The van der Waals surface area contributed by atoms with Crippen LogP contribution in [-0.4, -0.2) is 34.9 Å². The van der Waals surface area contributed by atoms with Gasteiger partial charge in [0.2, 0.25) is 5.79 Å². The second kappa shape index (κ2) is 5.66. The average Bonchev–Trinajstić information content (AvgIpc) is 2.76. The van der Waals surface area contributed by atoms with E-state index in [1.54, 1.807) is 0 Å². The van der Waals surface area contributed by atoms with E-state index in [9.17, 15) is 4.79 Å². The zero-order valence-electron chi connectivity index (χ0n) is 14.7. The lowest BCUT2D eigenvalue weighted by atomic mass is 9.57. The molecule has 2 bridgehead atoms. The number of carboxylic acid groups (broad SMARTS) is 1. The Bertz CT molecular complexity index is 524. The first-order valence-corrected chi connectivity index (χ1v) is 9.27. The van der Waals surface area contributed by atoms with Crippen LogP contribution in [0.2, 0.25) is 0 Å². The van der Waals surface area contributed by atoms with Gasteiger partial charge in [0, 0.05) is 18.8 Å². The maximum atomic E-state index is 11.0. The summed E-state index contributed by atoms with van der Waals surface area (Å²) in [6.07, 6.45) is 4.08. The summed E-state index contributed by atoms with van der Waals surface area (Å²) in [6, 6.07) is 0. The van der Waals surface area contributed by atoms with Crippen LogP contribution in [0.4, 0.5) is 0 Å². The largest absolute Gasteiger partial charge is 0.481 e. The molecule has 24 heavy (non-hydrogen) atoms. The number of carbonyl (C=O) groups is 1. The summed E-state index contributed by atoms with van der Waals surface area (Å²) in [5.74, 6) is -0.147. The van der Waals surface area contributed by atoms with E-state index in [-0.39, 0.29) is 24.4 Å². The maximum Gasteiger partial charge on any atom is 0.303 e.